The van der Waals surface area contributed by atoms with Crippen molar-refractivity contribution >= 4 is 68.3 Å². The summed E-state index contributed by atoms with van der Waals surface area (Å²) in [6, 6.07) is 7.82. The maximum Gasteiger partial charge on any atom is 0.316 e. The number of hydrogen-bond donors (Lipinski definition) is 1. The summed E-state index contributed by atoms with van der Waals surface area (Å²) in [5.41, 5.74) is 3.11. The Morgan fingerprint density at radius 3 is 2.93 bits per heavy atom. The Morgan fingerprint density at radius 2 is 2.10 bits per heavy atom. The molecule has 4 rings (SSSR count). The number of carbonyl (C=O) groups excluding carboxylic acids is 1. The first kappa shape index (κ1) is 19.9. The number of aromatic amines is 1. The largest absolute Gasteiger partial charge is 0.465 e. The summed E-state index contributed by atoms with van der Waals surface area (Å²) in [4.78, 5) is 15.1. The zero-order chi connectivity index (χ0) is 20.2. The van der Waals surface area contributed by atoms with Crippen molar-refractivity contribution in [3.63, 3.8) is 0 Å². The van der Waals surface area contributed by atoms with Gasteiger partial charge in [-0.25, -0.2) is 4.52 Å². The number of thioether (sulfide) groups is 2. The van der Waals surface area contributed by atoms with Gasteiger partial charge in [0.05, 0.1) is 23.4 Å². The molecule has 0 radical (unpaired) electrons. The van der Waals surface area contributed by atoms with Gasteiger partial charge < -0.3 is 9.72 Å². The van der Waals surface area contributed by atoms with Crippen LogP contribution in [0, 0.1) is 0 Å². The molecule has 9 nitrogen and oxygen atoms in total. The second-order valence-corrected chi connectivity index (χ2v) is 9.06. The van der Waals surface area contributed by atoms with Crippen molar-refractivity contribution in [1.29, 1.82) is 0 Å². The Bertz CT molecular complexity index is 1180. The molecule has 1 aromatic carbocycles. The number of azo groups is 1. The molecule has 0 amide bonds. The molecule has 3 aromatic heterocycles. The van der Waals surface area contributed by atoms with Crippen molar-refractivity contribution in [2.24, 2.45) is 10.2 Å². The van der Waals surface area contributed by atoms with E-state index in [0.717, 1.165) is 21.1 Å². The Kier molecular flexibility index (Phi) is 6.11. The van der Waals surface area contributed by atoms with Gasteiger partial charge in [-0.3, -0.25) is 4.79 Å². The molecule has 3 heterocycles. The molecule has 1 N–H and O–H groups in total. The van der Waals surface area contributed by atoms with E-state index in [2.05, 4.69) is 37.4 Å². The zero-order valence-electron chi connectivity index (χ0n) is 15.7. The second kappa shape index (κ2) is 8.93. The molecule has 0 aliphatic carbocycles. The van der Waals surface area contributed by atoms with E-state index in [4.69, 9.17) is 4.74 Å². The summed E-state index contributed by atoms with van der Waals surface area (Å²) in [6.45, 7) is 4.18. The van der Waals surface area contributed by atoms with Crippen LogP contribution in [0.25, 0.3) is 16.7 Å². The number of hydrogen-bond acceptors (Lipinski definition) is 10. The normalized spacial score (nSPS) is 11.8. The predicted molar refractivity (Wildman–Crippen MR) is 115 cm³/mol. The van der Waals surface area contributed by atoms with E-state index in [1.165, 1.54) is 23.1 Å². The number of rotatable bonds is 8. The van der Waals surface area contributed by atoms with Crippen molar-refractivity contribution in [1.82, 2.24) is 24.8 Å². The number of para-hydroxylation sites is 2. The van der Waals surface area contributed by atoms with Gasteiger partial charge in [0.1, 0.15) is 5.03 Å². The van der Waals surface area contributed by atoms with Gasteiger partial charge in [-0.2, -0.15) is 5.10 Å². The quantitative estimate of drug-likeness (QED) is 0.233. The fourth-order valence-electron chi connectivity index (χ4n) is 2.60. The van der Waals surface area contributed by atoms with Gasteiger partial charge in [0.15, 0.2) is 15.7 Å². The molecule has 29 heavy (non-hydrogen) atoms. The fourth-order valence-corrected chi connectivity index (χ4v) is 4.91. The molecular formula is C17H17N7O2S3. The van der Waals surface area contributed by atoms with Crippen LogP contribution in [0.4, 0.5) is 10.8 Å². The van der Waals surface area contributed by atoms with E-state index in [1.54, 1.807) is 23.2 Å². The molecule has 150 valence electrons. The van der Waals surface area contributed by atoms with E-state index in [-0.39, 0.29) is 11.7 Å². The molecule has 4 aromatic rings. The Labute approximate surface area is 178 Å². The predicted octanol–water partition coefficient (Wildman–Crippen LogP) is 4.85. The number of nitrogens with zero attached hydrogens (tertiary/aromatic N) is 6. The van der Waals surface area contributed by atoms with Crippen LogP contribution in [0.3, 0.4) is 0 Å². The zero-order valence-corrected chi connectivity index (χ0v) is 18.1. The Morgan fingerprint density at radius 1 is 1.24 bits per heavy atom. The number of fused-ring (bicyclic) bond motifs is 3. The highest BCUT2D eigenvalue weighted by molar-refractivity contribution is 8.01. The van der Waals surface area contributed by atoms with Crippen molar-refractivity contribution < 1.29 is 9.53 Å². The Hall–Kier alpha value is -2.44. The van der Waals surface area contributed by atoms with Crippen molar-refractivity contribution in [3.8, 4) is 0 Å². The third-order valence-corrected chi connectivity index (χ3v) is 6.50. The maximum atomic E-state index is 11.8. The van der Waals surface area contributed by atoms with E-state index in [1.807, 2.05) is 24.3 Å². The van der Waals surface area contributed by atoms with Gasteiger partial charge in [-0.15, -0.1) is 20.4 Å². The van der Waals surface area contributed by atoms with Gasteiger partial charge in [0.25, 0.3) is 5.13 Å². The smallest absolute Gasteiger partial charge is 0.316 e. The van der Waals surface area contributed by atoms with E-state index in [9.17, 15) is 4.79 Å². The van der Waals surface area contributed by atoms with E-state index < -0.39 is 0 Å². The lowest BCUT2D eigenvalue weighted by molar-refractivity contribution is -0.139. The van der Waals surface area contributed by atoms with E-state index >= 15 is 0 Å². The molecule has 0 bridgehead atoms. The summed E-state index contributed by atoms with van der Waals surface area (Å²) in [5.74, 6) is 0.761. The first-order valence-corrected chi connectivity index (χ1v) is 11.6. The minimum Gasteiger partial charge on any atom is -0.465 e. The summed E-state index contributed by atoms with van der Waals surface area (Å²) in [6.07, 6.45) is 0. The van der Waals surface area contributed by atoms with Crippen molar-refractivity contribution in [2.45, 2.75) is 23.2 Å². The van der Waals surface area contributed by atoms with Crippen LogP contribution in [0.2, 0.25) is 0 Å². The van der Waals surface area contributed by atoms with Gasteiger partial charge in [-0.1, -0.05) is 53.9 Å². The molecular weight excluding hydrogens is 430 g/mol. The number of ether oxygens (including phenoxy) is 1. The molecule has 0 saturated heterocycles. The highest BCUT2D eigenvalue weighted by Crippen LogP contribution is 2.36. The van der Waals surface area contributed by atoms with E-state index in [0.29, 0.717) is 28.1 Å². The summed E-state index contributed by atoms with van der Waals surface area (Å²) < 4.78 is 7.63. The van der Waals surface area contributed by atoms with Gasteiger partial charge in [0, 0.05) is 0 Å². The number of esters is 1. The maximum absolute atomic E-state index is 11.8. The standard InChI is InChI=1S/C17H17N7O2S3/c1-3-26-12(25)9-28-15-13(19-20-16-21-22-17(29-16)27-4-2)14-18-10-7-5-6-8-11(10)24(14)23-15/h5-8,18H,3-4,9H2,1-2H3/b20-19+. The van der Waals surface area contributed by atoms with Gasteiger partial charge in [0.2, 0.25) is 0 Å². The average molecular weight is 448 g/mol. The molecule has 0 saturated carbocycles. The highest BCUT2D eigenvalue weighted by Gasteiger charge is 2.19. The van der Waals surface area contributed by atoms with Crippen molar-refractivity contribution in [3.05, 3.63) is 24.3 Å². The van der Waals surface area contributed by atoms with Crippen LogP contribution in [0.5, 0.6) is 0 Å². The molecule has 0 fully saturated rings. The minimum atomic E-state index is -0.299. The number of H-pyrrole nitrogens is 1. The SMILES string of the molecule is CCOC(=O)CSc1nn2c([nH]c3ccccc32)c1/N=N/c1nnc(SCC)s1. The molecule has 12 heteroatoms. The summed E-state index contributed by atoms with van der Waals surface area (Å²) >= 11 is 4.26. The number of benzene rings is 1. The fraction of sp³-hybridized carbons (Fsp3) is 0.294. The lowest BCUT2D eigenvalue weighted by Crippen LogP contribution is -2.06. The average Bonchev–Trinajstić information content (AvgIpc) is 3.39. The second-order valence-electron chi connectivity index (χ2n) is 5.63. The minimum absolute atomic E-state index is 0.143. The van der Waals surface area contributed by atoms with Crippen LogP contribution in [0.1, 0.15) is 13.8 Å². The third-order valence-electron chi connectivity index (χ3n) is 3.75. The monoisotopic (exact) mass is 447 g/mol. The van der Waals surface area contributed by atoms with Crippen LogP contribution in [-0.4, -0.2) is 48.9 Å². The lowest BCUT2D eigenvalue weighted by atomic mass is 10.3. The topological polar surface area (TPSA) is 110 Å². The number of aromatic nitrogens is 5. The van der Waals surface area contributed by atoms with Crippen LogP contribution >= 0.6 is 34.9 Å². The van der Waals surface area contributed by atoms with Crippen LogP contribution in [0.15, 0.2) is 43.9 Å². The lowest BCUT2D eigenvalue weighted by Gasteiger charge is -2.00. The molecule has 0 spiro atoms. The molecule has 0 aliphatic rings. The number of nitrogens with one attached hydrogen (secondary N) is 1. The van der Waals surface area contributed by atoms with Crippen molar-refractivity contribution in [2.75, 3.05) is 18.1 Å². The summed E-state index contributed by atoms with van der Waals surface area (Å²) in [5, 5.41) is 22.5. The highest BCUT2D eigenvalue weighted by atomic mass is 32.2. The molecule has 0 atom stereocenters. The summed E-state index contributed by atoms with van der Waals surface area (Å²) in [7, 11) is 0. The molecule has 0 unspecified atom stereocenters. The first-order chi connectivity index (χ1) is 14.2. The van der Waals surface area contributed by atoms with Gasteiger partial charge in [-0.05, 0) is 24.8 Å². The number of imidazole rings is 1. The number of carbonyl (C=O) groups is 1. The first-order valence-electron chi connectivity index (χ1n) is 8.85. The van der Waals surface area contributed by atoms with Crippen LogP contribution in [-0.2, 0) is 9.53 Å². The van der Waals surface area contributed by atoms with Crippen LogP contribution < -0.4 is 0 Å². The Balaban J connectivity index is 1.70. The molecule has 0 aliphatic heterocycles. The van der Waals surface area contributed by atoms with Gasteiger partial charge >= 0.3 is 5.97 Å². The third kappa shape index (κ3) is 4.28.